The number of rotatable bonds is 2. The molecule has 36 heavy (non-hydrogen) atoms. The summed E-state index contributed by atoms with van der Waals surface area (Å²) in [6, 6.07) is 36.1. The van der Waals surface area contributed by atoms with Crippen LogP contribution in [0, 0.1) is 0 Å². The van der Waals surface area contributed by atoms with Crippen LogP contribution < -0.4 is 0 Å². The molecule has 0 N–H and O–H groups in total. The van der Waals surface area contributed by atoms with Crippen LogP contribution >= 0.6 is 0 Å². The predicted octanol–water partition coefficient (Wildman–Crippen LogP) is 7.56. The van der Waals surface area contributed by atoms with Gasteiger partial charge in [0.05, 0.1) is 0 Å². The van der Waals surface area contributed by atoms with Gasteiger partial charge in [-0.2, -0.15) is 0 Å². The van der Waals surface area contributed by atoms with Crippen molar-refractivity contribution >= 4 is 26.0 Å². The molecule has 0 bridgehead atoms. The third-order valence-electron chi connectivity index (χ3n) is 8.68. The van der Waals surface area contributed by atoms with Gasteiger partial charge in [-0.05, 0) is 0 Å². The molecule has 6 aromatic rings. The Bertz CT molecular complexity index is 1760. The van der Waals surface area contributed by atoms with Crippen molar-refractivity contribution in [2.24, 2.45) is 14.1 Å². The molecule has 2 heterocycles. The molecule has 2 atom stereocenters. The Morgan fingerprint density at radius 2 is 0.944 bits per heavy atom. The Morgan fingerprint density at radius 3 is 1.42 bits per heavy atom. The van der Waals surface area contributed by atoms with Gasteiger partial charge in [0.15, 0.2) is 0 Å². The molecule has 0 fully saturated rings. The van der Waals surface area contributed by atoms with Crippen LogP contribution in [0.4, 0.5) is 0 Å². The molecular weight excluding hydrogens is 516 g/mol. The van der Waals surface area contributed by atoms with Crippen molar-refractivity contribution in [3.05, 3.63) is 120 Å². The van der Waals surface area contributed by atoms with E-state index in [1.54, 1.807) is 0 Å². The van der Waals surface area contributed by atoms with Gasteiger partial charge in [-0.15, -0.1) is 0 Å². The van der Waals surface area contributed by atoms with Crippen molar-refractivity contribution in [2.45, 2.75) is 7.25 Å². The van der Waals surface area contributed by atoms with Crippen molar-refractivity contribution in [1.82, 2.24) is 9.13 Å². The number of nitrogens with zero attached hydrogens (tertiary/aromatic N) is 2. The van der Waals surface area contributed by atoms with Crippen molar-refractivity contribution in [2.75, 3.05) is 0 Å². The molecule has 2 aliphatic rings. The maximum absolute atomic E-state index is 5.19. The van der Waals surface area contributed by atoms with Gasteiger partial charge in [-0.3, -0.25) is 0 Å². The molecule has 2 aliphatic carbocycles. The molecule has 2 aromatic heterocycles. The zero-order valence-corrected chi connectivity index (χ0v) is 23.0. The van der Waals surface area contributed by atoms with Gasteiger partial charge in [0, 0.05) is 0 Å². The van der Waals surface area contributed by atoms with E-state index in [0.29, 0.717) is 7.25 Å². The second-order valence-corrected chi connectivity index (χ2v) is 16.0. The average Bonchev–Trinajstić information content (AvgIpc) is 3.61. The summed E-state index contributed by atoms with van der Waals surface area (Å²) in [5.41, 5.74) is 14.4. The standard InChI is InChI=1S/2C16H12N.CH2.Zr/c2*1-17-14-9-5-4-8-13(14)16-12-7-3-2-6-11(12)10-15(16)17;;/h2*2-10H,1H3;1H2;. The fourth-order valence-corrected chi connectivity index (χ4v) is 14.6. The molecule has 0 radical (unpaired) electrons. The molecule has 172 valence electrons. The molecule has 0 aliphatic heterocycles. The van der Waals surface area contributed by atoms with Crippen LogP contribution in [0.25, 0.3) is 44.1 Å². The van der Waals surface area contributed by atoms with E-state index < -0.39 is 21.3 Å². The predicted molar refractivity (Wildman–Crippen MR) is 148 cm³/mol. The molecule has 0 amide bonds. The Kier molecular flexibility index (Phi) is 4.27. The van der Waals surface area contributed by atoms with Crippen LogP contribution in [-0.2, 0) is 35.4 Å². The maximum atomic E-state index is 5.19. The second kappa shape index (κ2) is 7.37. The van der Waals surface area contributed by atoms with E-state index in [9.17, 15) is 0 Å². The van der Waals surface area contributed by atoms with Gasteiger partial charge in [-0.1, -0.05) is 0 Å². The van der Waals surface area contributed by atoms with Crippen molar-refractivity contribution in [3.63, 3.8) is 0 Å². The zero-order valence-electron chi connectivity index (χ0n) is 20.5. The molecule has 8 rings (SSSR count). The fraction of sp³-hybridized carbons (Fsp3) is 0.121. The topological polar surface area (TPSA) is 9.86 Å². The van der Waals surface area contributed by atoms with Crippen molar-refractivity contribution in [1.29, 1.82) is 0 Å². The number of hydrogen-bond acceptors (Lipinski definition) is 0. The summed E-state index contributed by atoms with van der Waals surface area (Å²) in [6.45, 7) is 0. The quantitative estimate of drug-likeness (QED) is 0.214. The van der Waals surface area contributed by atoms with Crippen LogP contribution in [0.15, 0.2) is 97.1 Å². The summed E-state index contributed by atoms with van der Waals surface area (Å²) in [4.78, 5) is 0. The van der Waals surface area contributed by atoms with E-state index in [1.165, 1.54) is 66.6 Å². The van der Waals surface area contributed by atoms with E-state index in [1.807, 2.05) is 0 Å². The Hall–Kier alpha value is -3.29. The summed E-state index contributed by atoms with van der Waals surface area (Å²) in [5, 5.41) is 2.75. The number of aromatic nitrogens is 2. The summed E-state index contributed by atoms with van der Waals surface area (Å²) in [5.74, 6) is 0. The number of fused-ring (bicyclic) bond motifs is 10. The molecule has 0 saturated carbocycles. The van der Waals surface area contributed by atoms with Crippen LogP contribution in [-0.4, -0.2) is 13.3 Å². The molecule has 2 unspecified atom stereocenters. The Labute approximate surface area is 218 Å². The van der Waals surface area contributed by atoms with Gasteiger partial charge >= 0.3 is 220 Å². The van der Waals surface area contributed by atoms with Gasteiger partial charge in [0.2, 0.25) is 0 Å². The number of para-hydroxylation sites is 2. The zero-order chi connectivity index (χ0) is 24.1. The number of aryl methyl sites for hydroxylation is 2. The van der Waals surface area contributed by atoms with Crippen LogP contribution in [0.2, 0.25) is 0 Å². The van der Waals surface area contributed by atoms with E-state index in [0.717, 1.165) is 0 Å². The third-order valence-corrected chi connectivity index (χ3v) is 15.2. The molecule has 4 aromatic carbocycles. The average molecular weight is 542 g/mol. The molecule has 0 spiro atoms. The van der Waals surface area contributed by atoms with Gasteiger partial charge in [0.25, 0.3) is 0 Å². The SMILES string of the molecule is [CH2]=[Zr]([CH]1c2ccccc2-c2c1n(C)c1ccccc21)[CH]1c2ccccc2-c2c1n(C)c1ccccc21. The first-order chi connectivity index (χ1) is 17.7. The summed E-state index contributed by atoms with van der Waals surface area (Å²) >= 11 is -2.49. The summed E-state index contributed by atoms with van der Waals surface area (Å²) in [6.07, 6.45) is 0. The normalized spacial score (nSPS) is 17.3. The summed E-state index contributed by atoms with van der Waals surface area (Å²) < 4.78 is 11.0. The first kappa shape index (κ1) is 20.9. The van der Waals surface area contributed by atoms with Crippen LogP contribution in [0.5, 0.6) is 0 Å². The van der Waals surface area contributed by atoms with Crippen LogP contribution in [0.3, 0.4) is 0 Å². The fourth-order valence-electron chi connectivity index (χ4n) is 7.23. The van der Waals surface area contributed by atoms with E-state index >= 15 is 0 Å². The molecular formula is C33H26N2Zr. The van der Waals surface area contributed by atoms with Gasteiger partial charge in [-0.25, -0.2) is 0 Å². The monoisotopic (exact) mass is 540 g/mol. The van der Waals surface area contributed by atoms with E-state index in [4.69, 9.17) is 4.21 Å². The number of hydrogen-bond donors (Lipinski definition) is 0. The minimum atomic E-state index is -2.49. The van der Waals surface area contributed by atoms with E-state index in [-0.39, 0.29) is 0 Å². The van der Waals surface area contributed by atoms with Crippen LogP contribution in [0.1, 0.15) is 29.8 Å². The molecule has 2 nitrogen and oxygen atoms in total. The van der Waals surface area contributed by atoms with E-state index in [2.05, 4.69) is 120 Å². The Balaban J connectivity index is 1.42. The summed E-state index contributed by atoms with van der Waals surface area (Å²) in [7, 11) is 4.53. The Morgan fingerprint density at radius 1 is 0.556 bits per heavy atom. The molecule has 3 heteroatoms. The third kappa shape index (κ3) is 2.47. The van der Waals surface area contributed by atoms with Gasteiger partial charge in [0.1, 0.15) is 0 Å². The second-order valence-electron chi connectivity index (χ2n) is 10.3. The van der Waals surface area contributed by atoms with Crippen molar-refractivity contribution in [3.8, 4) is 22.3 Å². The first-order valence-electron chi connectivity index (χ1n) is 12.7. The molecule has 0 saturated heterocycles. The van der Waals surface area contributed by atoms with Crippen molar-refractivity contribution < 1.29 is 21.3 Å². The minimum absolute atomic E-state index is 0.415. The van der Waals surface area contributed by atoms with Gasteiger partial charge < -0.3 is 0 Å². The first-order valence-corrected chi connectivity index (χ1v) is 17.3. The number of benzene rings is 4.